The van der Waals surface area contributed by atoms with Crippen LogP contribution in [0.1, 0.15) is 28.9 Å². The summed E-state index contributed by atoms with van der Waals surface area (Å²) in [6.07, 6.45) is 2.15. The molecule has 0 aromatic carbocycles. The van der Waals surface area contributed by atoms with Crippen molar-refractivity contribution in [2.45, 2.75) is 31.2 Å². The number of rotatable bonds is 3. The van der Waals surface area contributed by atoms with Gasteiger partial charge in [0, 0.05) is 17.1 Å². The smallest absolute Gasteiger partial charge is 0.245 e. The maximum Gasteiger partial charge on any atom is 0.245 e. The summed E-state index contributed by atoms with van der Waals surface area (Å²) < 4.78 is 0. The van der Waals surface area contributed by atoms with E-state index < -0.39 is 5.38 Å². The third-order valence-corrected chi connectivity index (χ3v) is 3.57. The van der Waals surface area contributed by atoms with E-state index in [1.807, 2.05) is 12.3 Å². The SMILES string of the molecule is Cc1csc(C(Cl)C(=O)NC2CC2)n1. The highest BCUT2D eigenvalue weighted by Crippen LogP contribution is 2.26. The summed E-state index contributed by atoms with van der Waals surface area (Å²) >= 11 is 7.41. The Balaban J connectivity index is 1.99. The van der Waals surface area contributed by atoms with Gasteiger partial charge in [-0.25, -0.2) is 4.98 Å². The second-order valence-corrected chi connectivity index (χ2v) is 4.80. The largest absolute Gasteiger partial charge is 0.352 e. The third kappa shape index (κ3) is 2.25. The van der Waals surface area contributed by atoms with Gasteiger partial charge < -0.3 is 5.32 Å². The number of amides is 1. The van der Waals surface area contributed by atoms with Crippen molar-refractivity contribution in [3.05, 3.63) is 16.1 Å². The van der Waals surface area contributed by atoms with E-state index in [1.165, 1.54) is 11.3 Å². The van der Waals surface area contributed by atoms with Crippen molar-refractivity contribution in [2.24, 2.45) is 0 Å². The van der Waals surface area contributed by atoms with Crippen LogP contribution < -0.4 is 5.32 Å². The molecule has 0 saturated heterocycles. The minimum atomic E-state index is -0.630. The summed E-state index contributed by atoms with van der Waals surface area (Å²) in [6, 6.07) is 0.352. The molecule has 5 heteroatoms. The Morgan fingerprint density at radius 1 is 1.79 bits per heavy atom. The van der Waals surface area contributed by atoms with E-state index >= 15 is 0 Å². The van der Waals surface area contributed by atoms with Gasteiger partial charge in [0.05, 0.1) is 0 Å². The molecular weight excluding hydrogens is 220 g/mol. The van der Waals surface area contributed by atoms with Gasteiger partial charge in [-0.15, -0.1) is 22.9 Å². The van der Waals surface area contributed by atoms with Crippen LogP contribution in [0.15, 0.2) is 5.38 Å². The molecule has 3 nitrogen and oxygen atoms in total. The second-order valence-electron chi connectivity index (χ2n) is 3.47. The van der Waals surface area contributed by atoms with E-state index in [2.05, 4.69) is 10.3 Å². The lowest BCUT2D eigenvalue weighted by Crippen LogP contribution is -2.28. The first-order chi connectivity index (χ1) is 6.66. The van der Waals surface area contributed by atoms with Crippen LogP contribution in [-0.2, 0) is 4.79 Å². The quantitative estimate of drug-likeness (QED) is 0.808. The zero-order valence-electron chi connectivity index (χ0n) is 7.79. The van der Waals surface area contributed by atoms with Crippen molar-refractivity contribution < 1.29 is 4.79 Å². The summed E-state index contributed by atoms with van der Waals surface area (Å²) in [5, 5.41) is 4.81. The first-order valence-electron chi connectivity index (χ1n) is 4.53. The molecular formula is C9H11ClN2OS. The van der Waals surface area contributed by atoms with Crippen LogP contribution >= 0.6 is 22.9 Å². The van der Waals surface area contributed by atoms with Crippen LogP contribution in [-0.4, -0.2) is 16.9 Å². The van der Waals surface area contributed by atoms with E-state index in [-0.39, 0.29) is 5.91 Å². The highest BCUT2D eigenvalue weighted by molar-refractivity contribution is 7.10. The Kier molecular flexibility index (Phi) is 2.74. The Morgan fingerprint density at radius 2 is 2.50 bits per heavy atom. The first-order valence-corrected chi connectivity index (χ1v) is 5.85. The molecule has 0 spiro atoms. The summed E-state index contributed by atoms with van der Waals surface area (Å²) in [5.74, 6) is -0.122. The molecule has 1 saturated carbocycles. The maximum atomic E-state index is 11.5. The van der Waals surface area contributed by atoms with Crippen LogP contribution in [0.25, 0.3) is 0 Å². The molecule has 14 heavy (non-hydrogen) atoms. The van der Waals surface area contributed by atoms with E-state index in [9.17, 15) is 4.79 Å². The number of hydrogen-bond donors (Lipinski definition) is 1. The fraction of sp³-hybridized carbons (Fsp3) is 0.556. The lowest BCUT2D eigenvalue weighted by molar-refractivity contribution is -0.121. The Labute approximate surface area is 91.5 Å². The minimum Gasteiger partial charge on any atom is -0.352 e. The van der Waals surface area contributed by atoms with Gasteiger partial charge in [-0.2, -0.15) is 0 Å². The number of hydrogen-bond acceptors (Lipinski definition) is 3. The average Bonchev–Trinajstić information content (AvgIpc) is 2.85. The molecule has 1 atom stereocenters. The number of nitrogens with zero attached hydrogens (tertiary/aromatic N) is 1. The van der Waals surface area contributed by atoms with Crippen molar-refractivity contribution in [2.75, 3.05) is 0 Å². The molecule has 1 unspecified atom stereocenters. The number of aryl methyl sites for hydroxylation is 1. The molecule has 1 aliphatic rings. The Hall–Kier alpha value is -0.610. The van der Waals surface area contributed by atoms with E-state index in [4.69, 9.17) is 11.6 Å². The molecule has 76 valence electrons. The van der Waals surface area contributed by atoms with Crippen LogP contribution in [0.3, 0.4) is 0 Å². The summed E-state index contributed by atoms with van der Waals surface area (Å²) in [4.78, 5) is 15.7. The summed E-state index contributed by atoms with van der Waals surface area (Å²) in [6.45, 7) is 1.89. The maximum absolute atomic E-state index is 11.5. The molecule has 1 fully saturated rings. The standard InChI is InChI=1S/C9H11ClN2OS/c1-5-4-14-9(11-5)7(10)8(13)12-6-2-3-6/h4,6-7H,2-3H2,1H3,(H,12,13). The molecule has 1 N–H and O–H groups in total. The predicted octanol–water partition coefficient (Wildman–Crippen LogP) is 2.01. The highest BCUT2D eigenvalue weighted by Gasteiger charge is 2.28. The van der Waals surface area contributed by atoms with Gasteiger partial charge in [0.25, 0.3) is 0 Å². The van der Waals surface area contributed by atoms with Crippen LogP contribution in [0.5, 0.6) is 0 Å². The Bertz CT molecular complexity index is 348. The average molecular weight is 231 g/mol. The van der Waals surface area contributed by atoms with Crippen LogP contribution in [0.4, 0.5) is 0 Å². The van der Waals surface area contributed by atoms with E-state index in [0.717, 1.165) is 18.5 Å². The van der Waals surface area contributed by atoms with Gasteiger partial charge in [-0.3, -0.25) is 4.79 Å². The van der Waals surface area contributed by atoms with Crippen molar-refractivity contribution in [1.29, 1.82) is 0 Å². The molecule has 1 aromatic heterocycles. The normalized spacial score (nSPS) is 17.9. The molecule has 0 bridgehead atoms. The van der Waals surface area contributed by atoms with E-state index in [1.54, 1.807) is 0 Å². The van der Waals surface area contributed by atoms with Gasteiger partial charge >= 0.3 is 0 Å². The van der Waals surface area contributed by atoms with Crippen LogP contribution in [0.2, 0.25) is 0 Å². The molecule has 1 heterocycles. The van der Waals surface area contributed by atoms with Crippen molar-refractivity contribution >= 4 is 28.8 Å². The van der Waals surface area contributed by atoms with Crippen LogP contribution in [0, 0.1) is 6.92 Å². The number of aromatic nitrogens is 1. The number of carbonyl (C=O) groups is 1. The van der Waals surface area contributed by atoms with Crippen molar-refractivity contribution in [3.8, 4) is 0 Å². The van der Waals surface area contributed by atoms with Crippen molar-refractivity contribution in [1.82, 2.24) is 10.3 Å². The number of alkyl halides is 1. The number of carbonyl (C=O) groups excluding carboxylic acids is 1. The molecule has 1 amide bonds. The number of halogens is 1. The lowest BCUT2D eigenvalue weighted by Gasteiger charge is -2.06. The van der Waals surface area contributed by atoms with Gasteiger partial charge in [-0.05, 0) is 19.8 Å². The zero-order chi connectivity index (χ0) is 10.1. The lowest BCUT2D eigenvalue weighted by atomic mass is 10.4. The fourth-order valence-corrected chi connectivity index (χ4v) is 2.14. The molecule has 1 aliphatic carbocycles. The monoisotopic (exact) mass is 230 g/mol. The predicted molar refractivity (Wildman–Crippen MR) is 56.6 cm³/mol. The molecule has 0 aliphatic heterocycles. The highest BCUT2D eigenvalue weighted by atomic mass is 35.5. The second kappa shape index (κ2) is 3.87. The zero-order valence-corrected chi connectivity index (χ0v) is 9.36. The fourth-order valence-electron chi connectivity index (χ4n) is 1.10. The van der Waals surface area contributed by atoms with Gasteiger partial charge in [0.15, 0.2) is 5.38 Å². The summed E-state index contributed by atoms with van der Waals surface area (Å²) in [7, 11) is 0. The van der Waals surface area contributed by atoms with Gasteiger partial charge in [-0.1, -0.05) is 0 Å². The number of thiazole rings is 1. The third-order valence-electron chi connectivity index (χ3n) is 2.01. The summed E-state index contributed by atoms with van der Waals surface area (Å²) in [5.41, 5.74) is 0.912. The van der Waals surface area contributed by atoms with Gasteiger partial charge in [0.1, 0.15) is 5.01 Å². The van der Waals surface area contributed by atoms with Gasteiger partial charge in [0.2, 0.25) is 5.91 Å². The molecule has 2 rings (SSSR count). The Morgan fingerprint density at radius 3 is 3.00 bits per heavy atom. The first kappa shape index (κ1) is 9.93. The molecule has 0 radical (unpaired) electrons. The topological polar surface area (TPSA) is 42.0 Å². The molecule has 1 aromatic rings. The number of nitrogens with one attached hydrogen (secondary N) is 1. The van der Waals surface area contributed by atoms with E-state index in [0.29, 0.717) is 11.0 Å². The van der Waals surface area contributed by atoms with Crippen molar-refractivity contribution in [3.63, 3.8) is 0 Å². The minimum absolute atomic E-state index is 0.122.